The average Bonchev–Trinajstić information content (AvgIpc) is 3.13. The molecular weight excluding hydrogens is 586 g/mol. The van der Waals surface area contributed by atoms with Crippen molar-refractivity contribution in [1.82, 2.24) is 0 Å². The van der Waals surface area contributed by atoms with Gasteiger partial charge in [0.25, 0.3) is 13.4 Å². The van der Waals surface area contributed by atoms with Gasteiger partial charge in [-0.25, -0.2) is 0 Å². The summed E-state index contributed by atoms with van der Waals surface area (Å²) < 4.78 is 13.6. The monoisotopic (exact) mass is 614 g/mol. The number of hydrogen-bond donors (Lipinski definition) is 0. The highest BCUT2D eigenvalue weighted by Gasteiger charge is 2.46. The molecule has 4 heterocycles. The molecule has 0 radical (unpaired) electrons. The van der Waals surface area contributed by atoms with Crippen molar-refractivity contribution in [3.63, 3.8) is 0 Å². The van der Waals surface area contributed by atoms with Crippen molar-refractivity contribution in [3.05, 3.63) is 164 Å². The maximum absolute atomic E-state index is 6.80. The van der Waals surface area contributed by atoms with E-state index in [1.165, 1.54) is 22.1 Å². The second kappa shape index (κ2) is 10.2. The van der Waals surface area contributed by atoms with Gasteiger partial charge in [-0.1, -0.05) is 92.0 Å². The highest BCUT2D eigenvalue weighted by Crippen LogP contribution is 2.42. The molecule has 0 N–H and O–H groups in total. The van der Waals surface area contributed by atoms with Crippen LogP contribution in [0.25, 0.3) is 0 Å². The van der Waals surface area contributed by atoms with E-state index in [1.807, 2.05) is 18.2 Å². The Bertz CT molecular complexity index is 2380. The smallest absolute Gasteiger partial charge is 0.256 e. The van der Waals surface area contributed by atoms with E-state index in [-0.39, 0.29) is 13.4 Å². The number of nitrogens with zero attached hydrogens (tertiary/aromatic N) is 2. The minimum Gasteiger partial charge on any atom is -0.458 e. The molecule has 6 heteroatoms. The molecule has 48 heavy (non-hydrogen) atoms. The van der Waals surface area contributed by atoms with Crippen LogP contribution in [0.15, 0.2) is 164 Å². The number of rotatable bonds is 4. The average molecular weight is 614 g/mol. The van der Waals surface area contributed by atoms with Crippen molar-refractivity contribution < 1.29 is 9.47 Å². The number of anilines is 5. The second-order valence-electron chi connectivity index (χ2n) is 12.5. The number of para-hydroxylation sites is 3. The van der Waals surface area contributed by atoms with E-state index in [0.29, 0.717) is 0 Å². The number of fused-ring (bicyclic) bond motifs is 8. The Morgan fingerprint density at radius 2 is 1.08 bits per heavy atom. The van der Waals surface area contributed by atoms with Gasteiger partial charge in [0, 0.05) is 40.2 Å². The summed E-state index contributed by atoms with van der Waals surface area (Å²) in [6.45, 7) is 8.09. The van der Waals surface area contributed by atoms with Gasteiger partial charge in [0.15, 0.2) is 0 Å². The molecule has 6 aromatic rings. The Kier molecular flexibility index (Phi) is 5.73. The largest absolute Gasteiger partial charge is 0.458 e. The molecule has 4 nitrogen and oxygen atoms in total. The minimum atomic E-state index is -0.0243. The predicted octanol–water partition coefficient (Wildman–Crippen LogP) is 6.42. The molecule has 0 aromatic heterocycles. The van der Waals surface area contributed by atoms with E-state index in [0.717, 1.165) is 67.8 Å². The van der Waals surface area contributed by atoms with Crippen LogP contribution in [0, 0.1) is 0 Å². The third-order valence-electron chi connectivity index (χ3n) is 10.1. The fourth-order valence-electron chi connectivity index (χ4n) is 8.25. The van der Waals surface area contributed by atoms with E-state index in [1.54, 1.807) is 0 Å². The molecule has 0 saturated heterocycles. The maximum Gasteiger partial charge on any atom is 0.256 e. The number of hydrogen-bond acceptors (Lipinski definition) is 4. The molecule has 10 rings (SSSR count). The van der Waals surface area contributed by atoms with Crippen molar-refractivity contribution in [2.24, 2.45) is 0 Å². The van der Waals surface area contributed by atoms with Crippen LogP contribution in [0.4, 0.5) is 28.4 Å². The first-order valence-corrected chi connectivity index (χ1v) is 16.3. The summed E-state index contributed by atoms with van der Waals surface area (Å²) in [7, 11) is 0. The fraction of sp³-hybridized carbons (Fsp3) is 0. The van der Waals surface area contributed by atoms with Crippen LogP contribution in [0.5, 0.6) is 23.0 Å². The molecule has 0 atom stereocenters. The quantitative estimate of drug-likeness (QED) is 0.169. The number of benzene rings is 6. The predicted molar refractivity (Wildman–Crippen MR) is 201 cm³/mol. The molecule has 0 bridgehead atoms. The van der Waals surface area contributed by atoms with Gasteiger partial charge in [-0.2, -0.15) is 0 Å². The summed E-state index contributed by atoms with van der Waals surface area (Å²) in [6.07, 6.45) is 5.70. The van der Waals surface area contributed by atoms with E-state index in [2.05, 4.69) is 150 Å². The van der Waals surface area contributed by atoms with Crippen LogP contribution in [0.2, 0.25) is 0 Å². The van der Waals surface area contributed by atoms with Gasteiger partial charge in [-0.3, -0.25) is 0 Å². The zero-order valence-corrected chi connectivity index (χ0v) is 26.1. The Labute approximate surface area is 280 Å². The van der Waals surface area contributed by atoms with Crippen molar-refractivity contribution >= 4 is 74.6 Å². The van der Waals surface area contributed by atoms with E-state index in [9.17, 15) is 0 Å². The van der Waals surface area contributed by atoms with Crippen LogP contribution >= 0.6 is 0 Å². The molecule has 0 saturated carbocycles. The van der Waals surface area contributed by atoms with E-state index < -0.39 is 0 Å². The van der Waals surface area contributed by atoms with Crippen molar-refractivity contribution in [1.29, 1.82) is 0 Å². The molecule has 0 spiro atoms. The van der Waals surface area contributed by atoms with E-state index in [4.69, 9.17) is 9.47 Å². The Morgan fingerprint density at radius 1 is 0.521 bits per heavy atom. The lowest BCUT2D eigenvalue weighted by Crippen LogP contribution is -2.63. The summed E-state index contributed by atoms with van der Waals surface area (Å²) in [5, 5.41) is 0. The minimum absolute atomic E-state index is 0.00345. The first-order valence-electron chi connectivity index (χ1n) is 16.3. The summed E-state index contributed by atoms with van der Waals surface area (Å²) in [4.78, 5) is 4.64. The lowest BCUT2D eigenvalue weighted by Gasteiger charge is -2.42. The topological polar surface area (TPSA) is 24.9 Å². The molecule has 4 aliphatic heterocycles. The first-order chi connectivity index (χ1) is 23.7. The lowest BCUT2D eigenvalue weighted by atomic mass is 9.31. The van der Waals surface area contributed by atoms with Gasteiger partial charge in [-0.05, 0) is 93.5 Å². The molecule has 0 unspecified atom stereocenters. The van der Waals surface area contributed by atoms with E-state index >= 15 is 0 Å². The highest BCUT2D eigenvalue weighted by molar-refractivity contribution is 7.02. The zero-order chi connectivity index (χ0) is 31.9. The van der Waals surface area contributed by atoms with Gasteiger partial charge in [0.1, 0.15) is 23.0 Å². The fourth-order valence-corrected chi connectivity index (χ4v) is 8.25. The molecule has 224 valence electrons. The maximum atomic E-state index is 6.80. The zero-order valence-electron chi connectivity index (χ0n) is 26.1. The standard InChI is InChI=1S/C42H28B2N2O2/c1-3-14-27(4-2)45-33-19-10-8-17-29(33)43-31-25-32-40(26-39(31)47-37-23-12-21-35(45)41(37)43)48-38-24-13-22-36-42(38)44(32)30-18-9-11-20-34(30)46(36)28-15-6-5-7-16-28/h3-26H,1-2H2/b27-14+. The lowest BCUT2D eigenvalue weighted by molar-refractivity contribution is 0.465. The number of allylic oxidation sites excluding steroid dienone is 3. The summed E-state index contributed by atoms with van der Waals surface area (Å²) in [5.74, 6) is 3.39. The molecule has 4 aliphatic rings. The Morgan fingerprint density at radius 3 is 1.75 bits per heavy atom. The van der Waals surface area contributed by atoms with Crippen molar-refractivity contribution in [2.75, 3.05) is 9.80 Å². The van der Waals surface area contributed by atoms with Crippen LogP contribution in [-0.2, 0) is 0 Å². The van der Waals surface area contributed by atoms with Gasteiger partial charge < -0.3 is 19.3 Å². The normalized spacial score (nSPS) is 14.3. The van der Waals surface area contributed by atoms with Crippen LogP contribution in [0.1, 0.15) is 0 Å². The third-order valence-corrected chi connectivity index (χ3v) is 10.1. The van der Waals surface area contributed by atoms with Gasteiger partial charge >= 0.3 is 0 Å². The SMILES string of the molecule is C=C/C=C(\C=C)N1c2ccccc2B2c3cc4c(cc3Oc3cccc1c32)Oc1cccc2c1B4c1ccccc1N2c1ccccc1. The van der Waals surface area contributed by atoms with Gasteiger partial charge in [-0.15, -0.1) is 0 Å². The second-order valence-corrected chi connectivity index (χ2v) is 12.5. The Hall–Kier alpha value is -6.13. The summed E-state index contributed by atoms with van der Waals surface area (Å²) in [5.41, 5.74) is 13.7. The highest BCUT2D eigenvalue weighted by atomic mass is 16.5. The number of ether oxygens (including phenoxy) is 2. The summed E-state index contributed by atoms with van der Waals surface area (Å²) >= 11 is 0. The summed E-state index contributed by atoms with van der Waals surface area (Å²) in [6, 6.07) is 45.2. The molecular formula is C42H28B2N2O2. The Balaban J connectivity index is 1.21. The molecule has 0 fully saturated rings. The molecule has 0 aliphatic carbocycles. The molecule has 0 amide bonds. The molecule has 6 aromatic carbocycles. The van der Waals surface area contributed by atoms with Crippen molar-refractivity contribution in [2.45, 2.75) is 0 Å². The van der Waals surface area contributed by atoms with Gasteiger partial charge in [0.05, 0.1) is 0 Å². The van der Waals surface area contributed by atoms with Crippen LogP contribution in [-0.4, -0.2) is 13.4 Å². The van der Waals surface area contributed by atoms with Crippen LogP contribution < -0.4 is 52.1 Å². The third kappa shape index (κ3) is 3.63. The van der Waals surface area contributed by atoms with Crippen molar-refractivity contribution in [3.8, 4) is 23.0 Å². The first kappa shape index (κ1) is 27.0. The van der Waals surface area contributed by atoms with Gasteiger partial charge in [0.2, 0.25) is 0 Å². The van der Waals surface area contributed by atoms with Crippen LogP contribution in [0.3, 0.4) is 0 Å².